The zero-order valence-corrected chi connectivity index (χ0v) is 24.7. The van der Waals surface area contributed by atoms with E-state index >= 15 is 0 Å². The lowest BCUT2D eigenvalue weighted by Crippen LogP contribution is -2.70. The first kappa shape index (κ1) is 27.6. The van der Waals surface area contributed by atoms with Gasteiger partial charge in [-0.1, -0.05) is 64.0 Å². The second-order valence-electron chi connectivity index (χ2n) is 13.0. The number of aromatic nitrogens is 2. The molecule has 1 aromatic carbocycles. The lowest BCUT2D eigenvalue weighted by molar-refractivity contribution is -0.148. The summed E-state index contributed by atoms with van der Waals surface area (Å²) < 4.78 is 0. The number of amides is 2. The van der Waals surface area contributed by atoms with Crippen molar-refractivity contribution >= 4 is 28.4 Å². The number of carbonyl (C=O) groups is 2. The van der Waals surface area contributed by atoms with Crippen LogP contribution in [0.5, 0.6) is 0 Å². The maximum absolute atomic E-state index is 14.0. The number of hydrogen-bond donors (Lipinski definition) is 2. The van der Waals surface area contributed by atoms with Gasteiger partial charge in [0.05, 0.1) is 16.9 Å². The van der Waals surface area contributed by atoms with Crippen LogP contribution >= 0.6 is 0 Å². The SMILES string of the molecule is C=C(c1ccc(C2CCCCC2)cn1)N1CC2CC[C@@]1(C)CN2C(=O)[C@@H](NC(=O)c1cc2ccccc2[nH]1)C(C)C. The van der Waals surface area contributed by atoms with Gasteiger partial charge >= 0.3 is 0 Å². The Hall–Kier alpha value is -3.61. The molecule has 7 rings (SSSR count). The van der Waals surface area contributed by atoms with Crippen LogP contribution < -0.4 is 5.32 Å². The van der Waals surface area contributed by atoms with E-state index in [4.69, 9.17) is 4.98 Å². The molecule has 2 N–H and O–H groups in total. The number of rotatable bonds is 7. The first-order chi connectivity index (χ1) is 19.7. The van der Waals surface area contributed by atoms with Crippen LogP contribution in [-0.4, -0.2) is 62.3 Å². The van der Waals surface area contributed by atoms with Crippen molar-refractivity contribution in [2.75, 3.05) is 13.1 Å². The summed E-state index contributed by atoms with van der Waals surface area (Å²) in [5.74, 6) is 0.342. The number of nitrogens with one attached hydrogen (secondary N) is 2. The molecule has 3 saturated heterocycles. The second-order valence-corrected chi connectivity index (χ2v) is 13.0. The van der Waals surface area contributed by atoms with Gasteiger partial charge in [0.25, 0.3) is 5.91 Å². The van der Waals surface area contributed by atoms with Gasteiger partial charge in [-0.2, -0.15) is 0 Å². The summed E-state index contributed by atoms with van der Waals surface area (Å²) in [6.45, 7) is 12.0. The highest BCUT2D eigenvalue weighted by molar-refractivity contribution is 6.00. The molecule has 7 nitrogen and oxygen atoms in total. The first-order valence-corrected chi connectivity index (χ1v) is 15.4. The molecular formula is C34H43N5O2. The van der Waals surface area contributed by atoms with Gasteiger partial charge in [-0.25, -0.2) is 0 Å². The van der Waals surface area contributed by atoms with Crippen LogP contribution in [0.15, 0.2) is 55.2 Å². The van der Waals surface area contributed by atoms with Crippen LogP contribution in [0.3, 0.4) is 0 Å². The van der Waals surface area contributed by atoms with E-state index < -0.39 is 6.04 Å². The molecule has 216 valence electrons. The van der Waals surface area contributed by atoms with Crippen LogP contribution in [0.4, 0.5) is 0 Å². The van der Waals surface area contributed by atoms with Crippen LogP contribution in [-0.2, 0) is 4.79 Å². The number of aromatic amines is 1. The highest BCUT2D eigenvalue weighted by atomic mass is 16.2. The van der Waals surface area contributed by atoms with Crippen molar-refractivity contribution in [3.63, 3.8) is 0 Å². The maximum atomic E-state index is 14.0. The summed E-state index contributed by atoms with van der Waals surface area (Å²) in [5, 5.41) is 4.03. The monoisotopic (exact) mass is 553 g/mol. The number of benzene rings is 1. The quantitative estimate of drug-likeness (QED) is 0.370. The zero-order valence-electron chi connectivity index (χ0n) is 24.7. The molecule has 1 unspecified atom stereocenters. The minimum atomic E-state index is -0.595. The van der Waals surface area contributed by atoms with Gasteiger partial charge < -0.3 is 20.1 Å². The standard InChI is InChI=1S/C34H43N5O2/c1-22(2)31(37-32(40)30-18-25-12-8-9-13-29(25)36-30)33(41)38-21-34(4)17-16-27(38)20-39(34)23(3)28-15-14-26(19-35-28)24-10-6-5-7-11-24/h8-9,12-15,18-19,22,24,27,31,36H,3,5-7,10-11,16-17,20-21H2,1-2,4H3,(H,37,40)/t27?,31-,34-/m0/s1. The molecule has 0 spiro atoms. The van der Waals surface area contributed by atoms with Crippen LogP contribution in [0, 0.1) is 5.92 Å². The van der Waals surface area contributed by atoms with E-state index in [1.54, 1.807) is 0 Å². The third-order valence-electron chi connectivity index (χ3n) is 9.77. The second kappa shape index (κ2) is 11.0. The Balaban J connectivity index is 1.15. The number of hydrogen-bond acceptors (Lipinski definition) is 4. The fourth-order valence-electron chi connectivity index (χ4n) is 7.24. The van der Waals surface area contributed by atoms with Gasteiger partial charge in [0.15, 0.2) is 0 Å². The average molecular weight is 554 g/mol. The number of para-hydroxylation sites is 1. The zero-order chi connectivity index (χ0) is 28.7. The highest BCUT2D eigenvalue weighted by Crippen LogP contribution is 2.42. The number of pyridine rings is 1. The molecule has 7 heteroatoms. The van der Waals surface area contributed by atoms with Gasteiger partial charge in [-0.15, -0.1) is 0 Å². The minimum absolute atomic E-state index is 0.000563. The van der Waals surface area contributed by atoms with Crippen LogP contribution in [0.1, 0.15) is 93.4 Å². The van der Waals surface area contributed by atoms with Crippen molar-refractivity contribution < 1.29 is 9.59 Å². The molecule has 0 radical (unpaired) electrons. The Morgan fingerprint density at radius 2 is 1.88 bits per heavy atom. The van der Waals surface area contributed by atoms with Crippen molar-refractivity contribution in [1.82, 2.24) is 25.1 Å². The number of piperidine rings is 2. The smallest absolute Gasteiger partial charge is 0.268 e. The predicted molar refractivity (Wildman–Crippen MR) is 163 cm³/mol. The molecule has 2 amide bonds. The number of nitrogens with zero attached hydrogens (tertiary/aromatic N) is 3. The molecule has 4 aliphatic rings. The normalized spacial score (nSPS) is 23.7. The van der Waals surface area contributed by atoms with Gasteiger partial charge in [0.1, 0.15) is 11.7 Å². The molecule has 3 atom stereocenters. The maximum Gasteiger partial charge on any atom is 0.268 e. The van der Waals surface area contributed by atoms with Crippen LogP contribution in [0.25, 0.3) is 16.6 Å². The topological polar surface area (TPSA) is 81.3 Å². The van der Waals surface area contributed by atoms with Crippen molar-refractivity contribution in [3.05, 3.63) is 72.2 Å². The number of H-pyrrole nitrogens is 1. The number of piperazine rings is 1. The van der Waals surface area contributed by atoms with Crippen molar-refractivity contribution in [1.29, 1.82) is 0 Å². The Bertz CT molecular complexity index is 1400. The molecule has 5 heterocycles. The highest BCUT2D eigenvalue weighted by Gasteiger charge is 2.50. The average Bonchev–Trinajstić information content (AvgIpc) is 3.44. The van der Waals surface area contributed by atoms with Gasteiger partial charge in [-0.3, -0.25) is 14.6 Å². The third kappa shape index (κ3) is 5.27. The van der Waals surface area contributed by atoms with Crippen molar-refractivity contribution in [2.24, 2.45) is 5.92 Å². The molecule has 2 aromatic heterocycles. The summed E-state index contributed by atoms with van der Waals surface area (Å²) >= 11 is 0. The molecular weight excluding hydrogens is 510 g/mol. The van der Waals surface area contributed by atoms with E-state index in [2.05, 4.69) is 47.0 Å². The summed E-state index contributed by atoms with van der Waals surface area (Å²) in [5.41, 5.74) is 4.35. The molecule has 3 aromatic rings. The van der Waals surface area contributed by atoms with E-state index in [-0.39, 0.29) is 29.3 Å². The lowest BCUT2D eigenvalue weighted by Gasteiger charge is -2.59. The lowest BCUT2D eigenvalue weighted by atomic mass is 9.79. The van der Waals surface area contributed by atoms with Crippen molar-refractivity contribution in [3.8, 4) is 0 Å². The van der Waals surface area contributed by atoms with Crippen molar-refractivity contribution in [2.45, 2.75) is 89.3 Å². The van der Waals surface area contributed by atoms with E-state index in [1.165, 1.54) is 37.7 Å². The van der Waals surface area contributed by atoms with Gasteiger partial charge in [0.2, 0.25) is 5.91 Å². The molecule has 4 fully saturated rings. The van der Waals surface area contributed by atoms with E-state index in [0.717, 1.165) is 41.7 Å². The summed E-state index contributed by atoms with van der Waals surface area (Å²) in [6.07, 6.45) is 10.5. The molecule has 3 aliphatic heterocycles. The van der Waals surface area contributed by atoms with Gasteiger partial charge in [-0.05, 0) is 68.2 Å². The van der Waals surface area contributed by atoms with E-state index in [9.17, 15) is 9.59 Å². The predicted octanol–water partition coefficient (Wildman–Crippen LogP) is 6.10. The third-order valence-corrected chi connectivity index (χ3v) is 9.77. The van der Waals surface area contributed by atoms with Crippen LogP contribution in [0.2, 0.25) is 0 Å². The number of fused-ring (bicyclic) bond motifs is 4. The Kier molecular flexibility index (Phi) is 7.39. The number of carbonyl (C=O) groups excluding carboxylic acids is 2. The molecule has 2 bridgehead atoms. The van der Waals surface area contributed by atoms with Gasteiger partial charge in [0, 0.05) is 36.2 Å². The molecule has 1 aliphatic carbocycles. The van der Waals surface area contributed by atoms with E-state index in [0.29, 0.717) is 18.2 Å². The Labute approximate surface area is 243 Å². The fraction of sp³-hybridized carbons (Fsp3) is 0.500. The summed E-state index contributed by atoms with van der Waals surface area (Å²) in [4.78, 5) is 39.7. The Morgan fingerprint density at radius 1 is 1.10 bits per heavy atom. The summed E-state index contributed by atoms with van der Waals surface area (Å²) in [7, 11) is 0. The minimum Gasteiger partial charge on any atom is -0.361 e. The van der Waals surface area contributed by atoms with E-state index in [1.807, 2.05) is 49.1 Å². The Morgan fingerprint density at radius 3 is 2.56 bits per heavy atom. The molecule has 1 saturated carbocycles. The largest absolute Gasteiger partial charge is 0.361 e. The molecule has 41 heavy (non-hydrogen) atoms. The summed E-state index contributed by atoms with van der Waals surface area (Å²) in [6, 6.07) is 13.5. The fourth-order valence-corrected chi connectivity index (χ4v) is 7.24. The first-order valence-electron chi connectivity index (χ1n) is 15.4.